The zero-order valence-corrected chi connectivity index (χ0v) is 18.1. The molecule has 0 aliphatic carbocycles. The summed E-state index contributed by atoms with van der Waals surface area (Å²) in [6.45, 7) is 5.68. The van der Waals surface area contributed by atoms with Crippen molar-refractivity contribution < 1.29 is 28.5 Å². The van der Waals surface area contributed by atoms with Crippen molar-refractivity contribution in [3.8, 4) is 17.2 Å². The third-order valence-electron chi connectivity index (χ3n) is 5.19. The van der Waals surface area contributed by atoms with Crippen molar-refractivity contribution in [1.29, 1.82) is 0 Å². The molecule has 0 unspecified atom stereocenters. The van der Waals surface area contributed by atoms with Gasteiger partial charge in [-0.15, -0.1) is 0 Å². The van der Waals surface area contributed by atoms with E-state index in [1.165, 1.54) is 27.4 Å². The van der Waals surface area contributed by atoms with E-state index in [9.17, 15) is 9.59 Å². The lowest BCUT2D eigenvalue weighted by molar-refractivity contribution is -0.158. The van der Waals surface area contributed by atoms with E-state index in [4.69, 9.17) is 18.9 Å². The van der Waals surface area contributed by atoms with E-state index in [1.54, 1.807) is 25.1 Å². The Morgan fingerprint density at radius 1 is 1.03 bits per heavy atom. The molecule has 0 N–H and O–H groups in total. The van der Waals surface area contributed by atoms with Gasteiger partial charge in [-0.1, -0.05) is 0 Å². The van der Waals surface area contributed by atoms with Gasteiger partial charge in [-0.3, -0.25) is 4.79 Å². The van der Waals surface area contributed by atoms with Crippen LogP contribution in [-0.2, 0) is 14.3 Å². The largest absolute Gasteiger partial charge is 0.493 e. The predicted octanol–water partition coefficient (Wildman–Crippen LogP) is 3.45. The standard InChI is InChI=1S/C22H31NO6/c1-14-8-7-9-15(2)23(14)22(25)16(3)29-20(24)11-10-17-12-18(26-4)21(28-6)19(13-17)27-5/h10-16H,7-9H2,1-6H3/b11-10+/t14-,15-,16+/m0/s1. The van der Waals surface area contributed by atoms with Gasteiger partial charge in [-0.25, -0.2) is 4.79 Å². The minimum Gasteiger partial charge on any atom is -0.493 e. The number of amides is 1. The summed E-state index contributed by atoms with van der Waals surface area (Å²) in [5, 5.41) is 0. The van der Waals surface area contributed by atoms with Crippen molar-refractivity contribution in [3.63, 3.8) is 0 Å². The lowest BCUT2D eigenvalue weighted by Gasteiger charge is -2.40. The van der Waals surface area contributed by atoms with Crippen LogP contribution >= 0.6 is 0 Å². The minimum absolute atomic E-state index is 0.153. The van der Waals surface area contributed by atoms with Crippen LogP contribution < -0.4 is 14.2 Å². The molecule has 3 atom stereocenters. The number of hydrogen-bond acceptors (Lipinski definition) is 6. The molecule has 1 fully saturated rings. The predicted molar refractivity (Wildman–Crippen MR) is 110 cm³/mol. The second kappa shape index (κ2) is 10.2. The molecule has 1 aromatic rings. The molecule has 0 saturated carbocycles. The highest BCUT2D eigenvalue weighted by Gasteiger charge is 2.32. The summed E-state index contributed by atoms with van der Waals surface area (Å²) in [6, 6.07) is 3.75. The highest BCUT2D eigenvalue weighted by atomic mass is 16.5. The molecule has 2 rings (SSSR count). The SMILES string of the molecule is COc1cc(/C=C/C(=O)O[C@H](C)C(=O)N2[C@@H](C)CCC[C@@H]2C)cc(OC)c1OC. The lowest BCUT2D eigenvalue weighted by Crippen LogP contribution is -2.51. The second-order valence-corrected chi connectivity index (χ2v) is 7.25. The van der Waals surface area contributed by atoms with E-state index in [-0.39, 0.29) is 18.0 Å². The van der Waals surface area contributed by atoms with Gasteiger partial charge in [0.05, 0.1) is 21.3 Å². The van der Waals surface area contributed by atoms with Crippen LogP contribution in [0.2, 0.25) is 0 Å². The van der Waals surface area contributed by atoms with E-state index in [0.717, 1.165) is 19.3 Å². The Labute approximate surface area is 172 Å². The van der Waals surface area contributed by atoms with E-state index >= 15 is 0 Å². The van der Waals surface area contributed by atoms with Gasteiger partial charge in [0, 0.05) is 18.2 Å². The summed E-state index contributed by atoms with van der Waals surface area (Å²) in [5.41, 5.74) is 0.675. The van der Waals surface area contributed by atoms with E-state index in [0.29, 0.717) is 22.8 Å². The van der Waals surface area contributed by atoms with Gasteiger partial charge in [0.25, 0.3) is 5.91 Å². The highest BCUT2D eigenvalue weighted by molar-refractivity contribution is 5.90. The zero-order chi connectivity index (χ0) is 21.6. The summed E-state index contributed by atoms with van der Waals surface area (Å²) in [6.07, 6.45) is 5.08. The molecular weight excluding hydrogens is 374 g/mol. The molecule has 1 heterocycles. The number of benzene rings is 1. The van der Waals surface area contributed by atoms with Crippen LogP contribution in [0.15, 0.2) is 18.2 Å². The van der Waals surface area contributed by atoms with Crippen LogP contribution in [0.5, 0.6) is 17.2 Å². The van der Waals surface area contributed by atoms with Gasteiger partial charge < -0.3 is 23.8 Å². The van der Waals surface area contributed by atoms with Crippen molar-refractivity contribution in [2.75, 3.05) is 21.3 Å². The first kappa shape index (κ1) is 22.6. The quantitative estimate of drug-likeness (QED) is 0.511. The Hall–Kier alpha value is -2.70. The van der Waals surface area contributed by atoms with E-state index in [2.05, 4.69) is 0 Å². The molecule has 1 saturated heterocycles. The fraction of sp³-hybridized carbons (Fsp3) is 0.545. The van der Waals surface area contributed by atoms with Crippen LogP contribution in [0.4, 0.5) is 0 Å². The first-order valence-electron chi connectivity index (χ1n) is 9.83. The highest BCUT2D eigenvalue weighted by Crippen LogP contribution is 2.38. The third-order valence-corrected chi connectivity index (χ3v) is 5.19. The lowest BCUT2D eigenvalue weighted by atomic mass is 9.97. The van der Waals surface area contributed by atoms with Crippen molar-refractivity contribution in [2.45, 2.75) is 58.2 Å². The number of carbonyl (C=O) groups excluding carboxylic acids is 2. The molecule has 0 radical (unpaired) electrons. The molecule has 7 heteroatoms. The average Bonchev–Trinajstić information content (AvgIpc) is 2.70. The Bertz CT molecular complexity index is 725. The van der Waals surface area contributed by atoms with Crippen LogP contribution in [0, 0.1) is 0 Å². The molecule has 0 bridgehead atoms. The Kier molecular flexibility index (Phi) is 7.93. The van der Waals surface area contributed by atoms with Gasteiger partial charge >= 0.3 is 5.97 Å². The van der Waals surface area contributed by atoms with Crippen molar-refractivity contribution in [1.82, 2.24) is 4.90 Å². The van der Waals surface area contributed by atoms with Crippen LogP contribution in [-0.4, -0.2) is 56.3 Å². The molecule has 0 spiro atoms. The maximum absolute atomic E-state index is 12.7. The van der Waals surface area contributed by atoms with Crippen molar-refractivity contribution >= 4 is 18.0 Å². The maximum Gasteiger partial charge on any atom is 0.331 e. The van der Waals surface area contributed by atoms with Crippen molar-refractivity contribution in [2.24, 2.45) is 0 Å². The third kappa shape index (κ3) is 5.43. The summed E-state index contributed by atoms with van der Waals surface area (Å²) in [4.78, 5) is 26.8. The molecule has 1 amide bonds. The number of carbonyl (C=O) groups is 2. The molecule has 1 aliphatic rings. The molecule has 1 aliphatic heterocycles. The number of likely N-dealkylation sites (tertiary alicyclic amines) is 1. The van der Waals surface area contributed by atoms with Crippen LogP contribution in [0.25, 0.3) is 6.08 Å². The normalized spacial score (nSPS) is 20.3. The first-order valence-corrected chi connectivity index (χ1v) is 9.83. The van der Waals surface area contributed by atoms with Gasteiger partial charge in [0.15, 0.2) is 17.6 Å². The fourth-order valence-corrected chi connectivity index (χ4v) is 3.69. The molecular formula is C22H31NO6. The van der Waals surface area contributed by atoms with Crippen LogP contribution in [0.1, 0.15) is 45.6 Å². The summed E-state index contributed by atoms with van der Waals surface area (Å²) in [7, 11) is 4.57. The summed E-state index contributed by atoms with van der Waals surface area (Å²) < 4.78 is 21.2. The number of rotatable bonds is 7. The van der Waals surface area contributed by atoms with E-state index < -0.39 is 12.1 Å². The van der Waals surface area contributed by atoms with Gasteiger partial charge in [0.2, 0.25) is 5.75 Å². The molecule has 7 nitrogen and oxygen atoms in total. The fourth-order valence-electron chi connectivity index (χ4n) is 3.69. The number of hydrogen-bond donors (Lipinski definition) is 0. The Morgan fingerprint density at radius 3 is 2.07 bits per heavy atom. The molecule has 29 heavy (non-hydrogen) atoms. The number of piperidine rings is 1. The van der Waals surface area contributed by atoms with Crippen LogP contribution in [0.3, 0.4) is 0 Å². The summed E-state index contributed by atoms with van der Waals surface area (Å²) in [5.74, 6) is 0.697. The zero-order valence-electron chi connectivity index (χ0n) is 18.1. The minimum atomic E-state index is -0.838. The Morgan fingerprint density at radius 2 is 1.59 bits per heavy atom. The number of methoxy groups -OCH3 is 3. The second-order valence-electron chi connectivity index (χ2n) is 7.25. The number of esters is 1. The molecule has 0 aromatic heterocycles. The molecule has 1 aromatic carbocycles. The maximum atomic E-state index is 12.7. The topological polar surface area (TPSA) is 74.3 Å². The smallest absolute Gasteiger partial charge is 0.331 e. The monoisotopic (exact) mass is 405 g/mol. The molecule has 160 valence electrons. The van der Waals surface area contributed by atoms with E-state index in [1.807, 2.05) is 18.7 Å². The van der Waals surface area contributed by atoms with Gasteiger partial charge in [-0.05, 0) is 63.8 Å². The number of ether oxygens (including phenoxy) is 4. The summed E-state index contributed by atoms with van der Waals surface area (Å²) >= 11 is 0. The van der Waals surface area contributed by atoms with Gasteiger partial charge in [-0.2, -0.15) is 0 Å². The Balaban J connectivity index is 2.06. The average molecular weight is 405 g/mol. The number of nitrogens with zero attached hydrogens (tertiary/aromatic N) is 1. The van der Waals surface area contributed by atoms with Gasteiger partial charge in [0.1, 0.15) is 0 Å². The first-order chi connectivity index (χ1) is 13.8. The van der Waals surface area contributed by atoms with Crippen molar-refractivity contribution in [3.05, 3.63) is 23.8 Å².